The van der Waals surface area contributed by atoms with Gasteiger partial charge in [-0.1, -0.05) is 6.92 Å². The Labute approximate surface area is 72.8 Å². The molecule has 1 aliphatic rings. The second kappa shape index (κ2) is 5.01. The summed E-state index contributed by atoms with van der Waals surface area (Å²) < 4.78 is 0. The fourth-order valence-corrected chi connectivity index (χ4v) is 1.53. The molecule has 0 aromatic heterocycles. The Hall–Kier alpha value is 0.270. The monoisotopic (exact) mass is 175 g/mol. The van der Waals surface area contributed by atoms with Gasteiger partial charge in [0.05, 0.1) is 6.10 Å². The van der Waals surface area contributed by atoms with Crippen molar-refractivity contribution in [1.29, 1.82) is 0 Å². The third-order valence-electron chi connectivity index (χ3n) is 1.73. The Morgan fingerprint density at radius 2 is 2.36 bits per heavy atom. The first kappa shape index (κ1) is 9.36. The van der Waals surface area contributed by atoms with Crippen molar-refractivity contribution in [2.75, 3.05) is 18.1 Å². The number of aliphatic hydroxyl groups excluding tert-OH is 1. The molecule has 2 nitrogen and oxygen atoms in total. The molecule has 1 unspecified atom stereocenters. The molecule has 66 valence electrons. The van der Waals surface area contributed by atoms with Gasteiger partial charge in [0, 0.05) is 18.3 Å². The molecular weight excluding hydrogens is 158 g/mol. The van der Waals surface area contributed by atoms with Gasteiger partial charge in [0.25, 0.3) is 0 Å². The molecule has 2 N–H and O–H groups in total. The van der Waals surface area contributed by atoms with E-state index in [9.17, 15) is 5.11 Å². The highest BCUT2D eigenvalue weighted by atomic mass is 32.2. The van der Waals surface area contributed by atoms with Crippen LogP contribution in [0.25, 0.3) is 0 Å². The van der Waals surface area contributed by atoms with Crippen molar-refractivity contribution in [3.63, 3.8) is 0 Å². The van der Waals surface area contributed by atoms with Crippen molar-refractivity contribution >= 4 is 11.8 Å². The van der Waals surface area contributed by atoms with E-state index >= 15 is 0 Å². The summed E-state index contributed by atoms with van der Waals surface area (Å²) in [5.74, 6) is 1.97. The van der Waals surface area contributed by atoms with Gasteiger partial charge in [0.1, 0.15) is 0 Å². The first-order valence-corrected chi connectivity index (χ1v) is 5.47. The van der Waals surface area contributed by atoms with Crippen molar-refractivity contribution in [2.45, 2.75) is 31.9 Å². The number of thioether (sulfide) groups is 1. The summed E-state index contributed by atoms with van der Waals surface area (Å²) in [4.78, 5) is 0. The molecule has 1 rings (SSSR count). The summed E-state index contributed by atoms with van der Waals surface area (Å²) in [5.41, 5.74) is 0. The maximum atomic E-state index is 9.37. The molecule has 0 amide bonds. The first-order valence-electron chi connectivity index (χ1n) is 4.32. The Morgan fingerprint density at radius 1 is 1.64 bits per heavy atom. The largest absolute Gasteiger partial charge is 0.391 e. The standard InChI is InChI=1S/C8H17NOS/c1-2-11-6-8(10)5-9-7-3-4-7/h7-10H,2-6H2,1H3. The zero-order valence-electron chi connectivity index (χ0n) is 7.05. The maximum Gasteiger partial charge on any atom is 0.0754 e. The minimum Gasteiger partial charge on any atom is -0.391 e. The van der Waals surface area contributed by atoms with Crippen LogP contribution in [0.15, 0.2) is 0 Å². The normalized spacial score (nSPS) is 20.2. The van der Waals surface area contributed by atoms with E-state index in [1.165, 1.54) is 12.8 Å². The lowest BCUT2D eigenvalue weighted by atomic mass is 10.4. The van der Waals surface area contributed by atoms with Crippen LogP contribution < -0.4 is 5.32 Å². The van der Waals surface area contributed by atoms with Crippen LogP contribution in [0, 0.1) is 0 Å². The molecule has 0 heterocycles. The highest BCUT2D eigenvalue weighted by Gasteiger charge is 2.20. The maximum absolute atomic E-state index is 9.37. The van der Waals surface area contributed by atoms with Crippen molar-refractivity contribution in [1.82, 2.24) is 5.32 Å². The molecule has 0 aromatic rings. The van der Waals surface area contributed by atoms with Crippen molar-refractivity contribution in [2.24, 2.45) is 0 Å². The lowest BCUT2D eigenvalue weighted by Gasteiger charge is -2.09. The van der Waals surface area contributed by atoms with Crippen molar-refractivity contribution in [3.05, 3.63) is 0 Å². The van der Waals surface area contributed by atoms with E-state index in [0.29, 0.717) is 0 Å². The Bertz CT molecular complexity index is 106. The van der Waals surface area contributed by atoms with Crippen LogP contribution in [0.5, 0.6) is 0 Å². The molecule has 0 aliphatic heterocycles. The van der Waals surface area contributed by atoms with E-state index in [1.54, 1.807) is 11.8 Å². The fraction of sp³-hybridized carbons (Fsp3) is 1.00. The van der Waals surface area contributed by atoms with E-state index in [4.69, 9.17) is 0 Å². The molecule has 1 fully saturated rings. The SMILES string of the molecule is CCSCC(O)CNC1CC1. The molecule has 3 heteroatoms. The summed E-state index contributed by atoms with van der Waals surface area (Å²) in [6, 6.07) is 0.719. The molecule has 0 spiro atoms. The second-order valence-corrected chi connectivity index (χ2v) is 4.31. The lowest BCUT2D eigenvalue weighted by molar-refractivity contribution is 0.195. The third-order valence-corrected chi connectivity index (χ3v) is 2.76. The molecule has 11 heavy (non-hydrogen) atoms. The van der Waals surface area contributed by atoms with Gasteiger partial charge in [0.15, 0.2) is 0 Å². The molecule has 1 atom stereocenters. The van der Waals surface area contributed by atoms with Crippen LogP contribution in [-0.4, -0.2) is 35.3 Å². The molecule has 1 aliphatic carbocycles. The van der Waals surface area contributed by atoms with Gasteiger partial charge in [-0.2, -0.15) is 11.8 Å². The van der Waals surface area contributed by atoms with Crippen LogP contribution in [0.3, 0.4) is 0 Å². The smallest absolute Gasteiger partial charge is 0.0754 e. The van der Waals surface area contributed by atoms with E-state index in [0.717, 1.165) is 24.1 Å². The van der Waals surface area contributed by atoms with Crippen molar-refractivity contribution in [3.8, 4) is 0 Å². The number of aliphatic hydroxyl groups is 1. The topological polar surface area (TPSA) is 32.3 Å². The van der Waals surface area contributed by atoms with Crippen LogP contribution in [-0.2, 0) is 0 Å². The number of nitrogens with one attached hydrogen (secondary N) is 1. The minimum atomic E-state index is -0.152. The van der Waals surface area contributed by atoms with Gasteiger partial charge in [-0.25, -0.2) is 0 Å². The van der Waals surface area contributed by atoms with Crippen molar-refractivity contribution < 1.29 is 5.11 Å². The van der Waals surface area contributed by atoms with Gasteiger partial charge in [-0.15, -0.1) is 0 Å². The highest BCUT2D eigenvalue weighted by Crippen LogP contribution is 2.18. The predicted octanol–water partition coefficient (Wildman–Crippen LogP) is 0.852. The van der Waals surface area contributed by atoms with Gasteiger partial charge in [-0.3, -0.25) is 0 Å². The number of hydrogen-bond donors (Lipinski definition) is 2. The second-order valence-electron chi connectivity index (χ2n) is 3.00. The summed E-state index contributed by atoms with van der Waals surface area (Å²) in [6.07, 6.45) is 2.45. The van der Waals surface area contributed by atoms with Crippen LogP contribution in [0.1, 0.15) is 19.8 Å². The quantitative estimate of drug-likeness (QED) is 0.628. The molecular formula is C8H17NOS. The van der Waals surface area contributed by atoms with Crippen LogP contribution in [0.4, 0.5) is 0 Å². The third kappa shape index (κ3) is 4.67. The lowest BCUT2D eigenvalue weighted by Crippen LogP contribution is -2.29. The Balaban J connectivity index is 1.87. The molecule has 1 saturated carbocycles. The van der Waals surface area contributed by atoms with E-state index in [-0.39, 0.29) is 6.10 Å². The summed E-state index contributed by atoms with van der Waals surface area (Å²) >= 11 is 1.80. The fourth-order valence-electron chi connectivity index (χ4n) is 0.903. The van der Waals surface area contributed by atoms with E-state index in [1.807, 2.05) is 0 Å². The summed E-state index contributed by atoms with van der Waals surface area (Å²) in [7, 11) is 0. The number of hydrogen-bond acceptors (Lipinski definition) is 3. The van der Waals surface area contributed by atoms with Gasteiger partial charge < -0.3 is 10.4 Å². The average Bonchev–Trinajstić information content (AvgIpc) is 2.80. The number of rotatable bonds is 6. The minimum absolute atomic E-state index is 0.152. The van der Waals surface area contributed by atoms with Crippen LogP contribution >= 0.6 is 11.8 Å². The first-order chi connectivity index (χ1) is 5.33. The van der Waals surface area contributed by atoms with E-state index < -0.39 is 0 Å². The van der Waals surface area contributed by atoms with Gasteiger partial charge >= 0.3 is 0 Å². The zero-order chi connectivity index (χ0) is 8.10. The summed E-state index contributed by atoms with van der Waals surface area (Å²) in [6.45, 7) is 2.89. The average molecular weight is 175 g/mol. The molecule has 0 bridgehead atoms. The Kier molecular flexibility index (Phi) is 4.26. The molecule has 0 aromatic carbocycles. The summed E-state index contributed by atoms with van der Waals surface area (Å²) in [5, 5.41) is 12.7. The van der Waals surface area contributed by atoms with Gasteiger partial charge in [0.2, 0.25) is 0 Å². The zero-order valence-corrected chi connectivity index (χ0v) is 7.86. The molecule has 0 radical (unpaired) electrons. The van der Waals surface area contributed by atoms with Gasteiger partial charge in [-0.05, 0) is 18.6 Å². The highest BCUT2D eigenvalue weighted by molar-refractivity contribution is 7.99. The van der Waals surface area contributed by atoms with Crippen LogP contribution in [0.2, 0.25) is 0 Å². The predicted molar refractivity (Wildman–Crippen MR) is 50.0 cm³/mol. The molecule has 0 saturated heterocycles. The Morgan fingerprint density at radius 3 is 2.91 bits per heavy atom. The van der Waals surface area contributed by atoms with E-state index in [2.05, 4.69) is 12.2 Å².